The van der Waals surface area contributed by atoms with Gasteiger partial charge < -0.3 is 9.13 Å². The Hall–Kier alpha value is -6.01. The normalized spacial score (nSPS) is 13.0. The Bertz CT molecular complexity index is 2890. The summed E-state index contributed by atoms with van der Waals surface area (Å²) in [6.45, 7) is 12.5. The van der Waals surface area contributed by atoms with Crippen LogP contribution < -0.4 is 0 Å². The average molecular weight is 758 g/mol. The number of benzene rings is 6. The molecule has 0 bridgehead atoms. The van der Waals surface area contributed by atoms with E-state index in [1.165, 1.54) is 12.1 Å². The second-order valence-electron chi connectivity index (χ2n) is 16.4. The minimum absolute atomic E-state index is 0.0841. The van der Waals surface area contributed by atoms with Crippen LogP contribution in [0.15, 0.2) is 115 Å². The van der Waals surface area contributed by atoms with Crippen molar-refractivity contribution in [3.63, 3.8) is 0 Å². The van der Waals surface area contributed by atoms with Crippen LogP contribution in [0.5, 0.6) is 0 Å². The smallest absolute Gasteiger partial charge is 0.308 e. The number of nitrogens with zero attached hydrogens (tertiary/aromatic N) is 3. The van der Waals surface area contributed by atoms with Gasteiger partial charge in [-0.25, -0.2) is 0 Å². The molecule has 282 valence electrons. The highest BCUT2D eigenvalue weighted by atomic mass is 19.4. The van der Waals surface area contributed by atoms with Crippen LogP contribution in [0.2, 0.25) is 0 Å². The molecule has 0 fully saturated rings. The molecule has 0 amide bonds. The lowest BCUT2D eigenvalue weighted by Gasteiger charge is -2.24. The number of alkyl halides is 6. The molecular weight excluding hydrogens is 721 g/mol. The quantitative estimate of drug-likeness (QED) is 0.165. The van der Waals surface area contributed by atoms with Crippen molar-refractivity contribution in [1.29, 1.82) is 5.26 Å². The highest BCUT2D eigenvalue weighted by Gasteiger charge is 2.42. The van der Waals surface area contributed by atoms with Gasteiger partial charge in [0.25, 0.3) is 0 Å². The molecule has 0 radical (unpaired) electrons. The van der Waals surface area contributed by atoms with E-state index in [4.69, 9.17) is 0 Å². The first-order valence-electron chi connectivity index (χ1n) is 18.2. The van der Waals surface area contributed by atoms with E-state index in [2.05, 4.69) is 53.7 Å². The number of fused-ring (bicyclic) bond motifs is 6. The monoisotopic (exact) mass is 757 g/mol. The van der Waals surface area contributed by atoms with Crippen molar-refractivity contribution in [2.24, 2.45) is 0 Å². The molecular formula is C47H37F6N3. The maximum absolute atomic E-state index is 14.9. The predicted molar refractivity (Wildman–Crippen MR) is 213 cm³/mol. The molecule has 2 heterocycles. The molecule has 6 aromatic carbocycles. The van der Waals surface area contributed by atoms with E-state index in [0.29, 0.717) is 28.9 Å². The zero-order valence-corrected chi connectivity index (χ0v) is 31.6. The minimum Gasteiger partial charge on any atom is -0.308 e. The highest BCUT2D eigenvalue weighted by molar-refractivity contribution is 6.12. The van der Waals surface area contributed by atoms with Crippen LogP contribution in [-0.4, -0.2) is 9.13 Å². The van der Waals surface area contributed by atoms with Crippen molar-refractivity contribution in [3.05, 3.63) is 143 Å². The van der Waals surface area contributed by atoms with Gasteiger partial charge in [0.05, 0.1) is 44.6 Å². The summed E-state index contributed by atoms with van der Waals surface area (Å²) in [7, 11) is 0. The molecule has 3 nitrogen and oxygen atoms in total. The fraction of sp³-hybridized carbons (Fsp3) is 0.213. The molecule has 8 rings (SSSR count). The summed E-state index contributed by atoms with van der Waals surface area (Å²) in [4.78, 5) is 0. The van der Waals surface area contributed by atoms with Crippen LogP contribution in [0.4, 0.5) is 26.3 Å². The second kappa shape index (κ2) is 12.5. The lowest BCUT2D eigenvalue weighted by Crippen LogP contribution is -2.16. The van der Waals surface area contributed by atoms with Gasteiger partial charge in [-0.3, -0.25) is 0 Å². The fourth-order valence-corrected chi connectivity index (χ4v) is 8.01. The maximum atomic E-state index is 14.9. The van der Waals surface area contributed by atoms with Crippen LogP contribution in [0.3, 0.4) is 0 Å². The number of hydrogen-bond acceptors (Lipinski definition) is 1. The summed E-state index contributed by atoms with van der Waals surface area (Å²) >= 11 is 0. The van der Waals surface area contributed by atoms with Crippen LogP contribution in [0.25, 0.3) is 66.1 Å². The van der Waals surface area contributed by atoms with Gasteiger partial charge in [0.15, 0.2) is 0 Å². The van der Waals surface area contributed by atoms with Crippen molar-refractivity contribution in [3.8, 4) is 28.6 Å². The average Bonchev–Trinajstić information content (AvgIpc) is 3.64. The van der Waals surface area contributed by atoms with Crippen molar-refractivity contribution in [1.82, 2.24) is 9.13 Å². The summed E-state index contributed by atoms with van der Waals surface area (Å²) in [6.07, 6.45) is -10.3. The van der Waals surface area contributed by atoms with Crippen LogP contribution >= 0.6 is 0 Å². The summed E-state index contributed by atoms with van der Waals surface area (Å²) in [5.74, 6) is 0. The van der Waals surface area contributed by atoms with Crippen LogP contribution in [-0.2, 0) is 23.2 Å². The molecule has 9 heteroatoms. The Morgan fingerprint density at radius 1 is 0.482 bits per heavy atom. The Labute approximate surface area is 320 Å². The number of aromatic nitrogens is 2. The minimum atomic E-state index is -5.15. The Morgan fingerprint density at radius 3 is 1.39 bits per heavy atom. The molecule has 0 aliphatic rings. The molecule has 0 N–H and O–H groups in total. The van der Waals surface area contributed by atoms with E-state index in [-0.39, 0.29) is 27.6 Å². The summed E-state index contributed by atoms with van der Waals surface area (Å²) in [5, 5.41) is 14.6. The molecule has 0 saturated heterocycles. The van der Waals surface area contributed by atoms with Gasteiger partial charge in [-0.2, -0.15) is 31.6 Å². The van der Waals surface area contributed by atoms with Gasteiger partial charge in [0.1, 0.15) is 11.6 Å². The number of hydrogen-bond donors (Lipinski definition) is 0. The molecule has 0 aliphatic carbocycles. The summed E-state index contributed by atoms with van der Waals surface area (Å²) < 4.78 is 93.2. The third kappa shape index (κ3) is 5.82. The van der Waals surface area contributed by atoms with Gasteiger partial charge in [-0.05, 0) is 76.6 Å². The zero-order chi connectivity index (χ0) is 40.1. The van der Waals surface area contributed by atoms with Gasteiger partial charge in [0.2, 0.25) is 0 Å². The molecule has 56 heavy (non-hydrogen) atoms. The van der Waals surface area contributed by atoms with E-state index in [9.17, 15) is 31.6 Å². The molecule has 2 aromatic heterocycles. The predicted octanol–water partition coefficient (Wildman–Crippen LogP) is 14.1. The Kier molecular flexibility index (Phi) is 8.25. The second-order valence-corrected chi connectivity index (χ2v) is 16.4. The summed E-state index contributed by atoms with van der Waals surface area (Å²) in [6, 6.07) is 33.9. The summed E-state index contributed by atoms with van der Waals surface area (Å²) in [5.41, 5.74) is -0.0333. The highest BCUT2D eigenvalue weighted by Crippen LogP contribution is 2.49. The van der Waals surface area contributed by atoms with Crippen LogP contribution in [0, 0.1) is 11.3 Å². The van der Waals surface area contributed by atoms with Crippen molar-refractivity contribution < 1.29 is 26.3 Å². The van der Waals surface area contributed by atoms with Gasteiger partial charge in [-0.15, -0.1) is 0 Å². The number of para-hydroxylation sites is 2. The molecule has 0 spiro atoms. The fourth-order valence-electron chi connectivity index (χ4n) is 8.01. The maximum Gasteiger partial charge on any atom is 0.417 e. The molecule has 8 aromatic rings. The third-order valence-corrected chi connectivity index (χ3v) is 10.8. The topological polar surface area (TPSA) is 33.6 Å². The standard InChI is InChI=1S/C47H37F6N3/c1-44(2,3)27-18-21-39-32(24-27)29-12-7-9-16-37(29)55(39)41-23-20-31(42-35(46(48,49)50)14-11-15-36(42)47(51,52)53)43(34(41)26-54)56-38-17-10-8-13-30(38)33-25-28(45(4,5)6)19-22-40(33)56/h7-25H,1-6H3. The van der Waals surface area contributed by atoms with Gasteiger partial charge in [0, 0.05) is 32.7 Å². The number of nitriles is 1. The Balaban J connectivity index is 1.60. The lowest BCUT2D eigenvalue weighted by molar-refractivity contribution is -0.142. The SMILES string of the molecule is CC(C)(C)c1ccc2c(c1)c1ccccc1n2-c1ccc(-c2c(C(F)(F)F)cccc2C(F)(F)F)c(-n2c3ccccc3c3cc(C(C)(C)C)ccc32)c1C#N. The first kappa shape index (κ1) is 36.9. The number of rotatable bonds is 3. The molecule has 0 aliphatic heterocycles. The first-order valence-corrected chi connectivity index (χ1v) is 18.2. The van der Waals surface area contributed by atoms with Crippen molar-refractivity contribution in [2.45, 2.75) is 64.7 Å². The van der Waals surface area contributed by atoms with E-state index in [1.54, 1.807) is 16.7 Å². The lowest BCUT2D eigenvalue weighted by atomic mass is 9.86. The van der Waals surface area contributed by atoms with Gasteiger partial charge >= 0.3 is 12.4 Å². The molecule has 0 atom stereocenters. The van der Waals surface area contributed by atoms with E-state index >= 15 is 0 Å². The van der Waals surface area contributed by atoms with Crippen LogP contribution in [0.1, 0.15) is 69.4 Å². The number of halogens is 6. The van der Waals surface area contributed by atoms with E-state index < -0.39 is 29.0 Å². The molecule has 0 unspecified atom stereocenters. The largest absolute Gasteiger partial charge is 0.417 e. The van der Waals surface area contributed by atoms with E-state index in [0.717, 1.165) is 49.8 Å². The molecule has 0 saturated carbocycles. The van der Waals surface area contributed by atoms with Gasteiger partial charge in [-0.1, -0.05) is 102 Å². The van der Waals surface area contributed by atoms with Crippen molar-refractivity contribution in [2.75, 3.05) is 0 Å². The van der Waals surface area contributed by atoms with E-state index in [1.807, 2.05) is 71.3 Å². The first-order chi connectivity index (χ1) is 26.3. The van der Waals surface area contributed by atoms with Crippen molar-refractivity contribution >= 4 is 43.6 Å². The Morgan fingerprint density at radius 2 is 0.929 bits per heavy atom. The third-order valence-electron chi connectivity index (χ3n) is 10.8. The zero-order valence-electron chi connectivity index (χ0n) is 31.6.